The molecule has 0 saturated heterocycles. The van der Waals surface area contributed by atoms with Crippen molar-refractivity contribution in [1.29, 1.82) is 0 Å². The first-order valence-electron chi connectivity index (χ1n) is 11.8. The number of nitrogens with zero attached hydrogens (tertiary/aromatic N) is 6. The van der Waals surface area contributed by atoms with E-state index in [0.29, 0.717) is 26.1 Å². The van der Waals surface area contributed by atoms with Gasteiger partial charge in [-0.1, -0.05) is 47.9 Å². The molecule has 0 saturated carbocycles. The minimum absolute atomic E-state index is 0.528. The predicted molar refractivity (Wildman–Crippen MR) is 133 cm³/mol. The van der Waals surface area contributed by atoms with Crippen LogP contribution in [0.2, 0.25) is 0 Å². The summed E-state index contributed by atoms with van der Waals surface area (Å²) in [7, 11) is 0. The lowest BCUT2D eigenvalue weighted by molar-refractivity contribution is -0.0861. The molecular weight excluding hydrogens is 428 g/mol. The van der Waals surface area contributed by atoms with Crippen molar-refractivity contribution >= 4 is 22.1 Å². The van der Waals surface area contributed by atoms with E-state index in [1.54, 1.807) is 0 Å². The zero-order valence-electron chi connectivity index (χ0n) is 19.9. The van der Waals surface area contributed by atoms with Crippen molar-refractivity contribution in [2.45, 2.75) is 51.0 Å². The molecule has 0 N–H and O–H groups in total. The zero-order chi connectivity index (χ0) is 24.0. The molecule has 2 atom stereocenters. The monoisotopic (exact) mass is 460 g/mol. The molecule has 0 spiro atoms. The number of para-hydroxylation sites is 2. The Morgan fingerprint density at radius 2 is 1.15 bits per heavy atom. The maximum Gasteiger partial charge on any atom is 0.181 e. The number of hydrogen-bond acceptors (Lipinski definition) is 6. The second kappa shape index (κ2) is 10.3. The predicted octanol–water partition coefficient (Wildman–Crippen LogP) is 5.19. The van der Waals surface area contributed by atoms with E-state index in [9.17, 15) is 0 Å². The third-order valence-corrected chi connectivity index (χ3v) is 6.17. The summed E-state index contributed by atoms with van der Waals surface area (Å²) in [6, 6.07) is 15.8. The van der Waals surface area contributed by atoms with Gasteiger partial charge >= 0.3 is 0 Å². The van der Waals surface area contributed by atoms with Gasteiger partial charge in [0.2, 0.25) is 0 Å². The Morgan fingerprint density at radius 3 is 1.53 bits per heavy atom. The lowest BCUT2D eigenvalue weighted by Crippen LogP contribution is -2.37. The molecule has 4 aromatic rings. The van der Waals surface area contributed by atoms with Crippen LogP contribution in [0.5, 0.6) is 0 Å². The van der Waals surface area contributed by atoms with E-state index in [-0.39, 0.29) is 0 Å². The van der Waals surface area contributed by atoms with Gasteiger partial charge in [0.05, 0.1) is 11.0 Å². The quantitative estimate of drug-likeness (QED) is 0.202. The average Bonchev–Trinajstić information content (AvgIpc) is 3.50. The molecule has 0 aliphatic heterocycles. The SMILES string of the molecule is C=CC(CCCCC(C=C)(OCC)n1nnc2ccccc21)(OCC)n1nnc2ccccc21. The third-order valence-electron chi connectivity index (χ3n) is 6.17. The molecule has 34 heavy (non-hydrogen) atoms. The number of hydrogen-bond donors (Lipinski definition) is 0. The summed E-state index contributed by atoms with van der Waals surface area (Å²) in [6.45, 7) is 13.2. The highest BCUT2D eigenvalue weighted by Gasteiger charge is 2.35. The van der Waals surface area contributed by atoms with Gasteiger partial charge in [-0.3, -0.25) is 0 Å². The van der Waals surface area contributed by atoms with Gasteiger partial charge in [-0.2, -0.15) is 0 Å². The van der Waals surface area contributed by atoms with E-state index >= 15 is 0 Å². The van der Waals surface area contributed by atoms with Crippen LogP contribution in [0.15, 0.2) is 73.8 Å². The van der Waals surface area contributed by atoms with E-state index in [4.69, 9.17) is 9.47 Å². The Bertz CT molecular complexity index is 1170. The number of benzene rings is 2. The molecule has 0 fully saturated rings. The topological polar surface area (TPSA) is 79.9 Å². The largest absolute Gasteiger partial charge is 0.350 e. The highest BCUT2D eigenvalue weighted by Crippen LogP contribution is 2.33. The summed E-state index contributed by atoms with van der Waals surface area (Å²) in [4.78, 5) is 0. The summed E-state index contributed by atoms with van der Waals surface area (Å²) in [5.74, 6) is 0. The maximum atomic E-state index is 6.23. The van der Waals surface area contributed by atoms with Crippen LogP contribution in [-0.2, 0) is 20.9 Å². The van der Waals surface area contributed by atoms with Gasteiger partial charge in [0, 0.05) is 26.1 Å². The summed E-state index contributed by atoms with van der Waals surface area (Å²) >= 11 is 0. The fourth-order valence-electron chi connectivity index (χ4n) is 4.53. The van der Waals surface area contributed by atoms with Gasteiger partial charge in [0.15, 0.2) is 11.4 Å². The first-order valence-corrected chi connectivity index (χ1v) is 11.8. The van der Waals surface area contributed by atoms with E-state index < -0.39 is 11.4 Å². The smallest absolute Gasteiger partial charge is 0.181 e. The van der Waals surface area contributed by atoms with E-state index in [1.165, 1.54) is 0 Å². The van der Waals surface area contributed by atoms with Crippen LogP contribution in [0.4, 0.5) is 0 Å². The second-order valence-electron chi connectivity index (χ2n) is 8.15. The highest BCUT2D eigenvalue weighted by molar-refractivity contribution is 5.74. The molecule has 4 rings (SSSR count). The highest BCUT2D eigenvalue weighted by atomic mass is 16.5. The number of rotatable bonds is 13. The molecule has 2 aromatic heterocycles. The Kier molecular flexibility index (Phi) is 7.19. The van der Waals surface area contributed by atoms with E-state index in [1.807, 2.05) is 83.9 Å². The molecule has 8 nitrogen and oxygen atoms in total. The lowest BCUT2D eigenvalue weighted by atomic mass is 9.99. The van der Waals surface area contributed by atoms with Crippen molar-refractivity contribution in [2.75, 3.05) is 13.2 Å². The molecule has 0 aliphatic rings. The minimum Gasteiger partial charge on any atom is -0.350 e. The van der Waals surface area contributed by atoms with Crippen LogP contribution in [0.3, 0.4) is 0 Å². The van der Waals surface area contributed by atoms with Crippen molar-refractivity contribution in [3.63, 3.8) is 0 Å². The average molecular weight is 461 g/mol. The van der Waals surface area contributed by atoms with Gasteiger partial charge in [0.1, 0.15) is 11.0 Å². The molecule has 178 valence electrons. The fourth-order valence-corrected chi connectivity index (χ4v) is 4.53. The Labute approximate surface area is 199 Å². The molecule has 2 unspecified atom stereocenters. The number of unbranched alkanes of at least 4 members (excludes halogenated alkanes) is 1. The maximum absolute atomic E-state index is 6.23. The van der Waals surface area contributed by atoms with Crippen molar-refractivity contribution in [2.24, 2.45) is 0 Å². The van der Waals surface area contributed by atoms with Crippen molar-refractivity contribution in [3.8, 4) is 0 Å². The van der Waals surface area contributed by atoms with E-state index in [0.717, 1.165) is 34.9 Å². The van der Waals surface area contributed by atoms with Crippen molar-refractivity contribution < 1.29 is 9.47 Å². The van der Waals surface area contributed by atoms with Crippen LogP contribution < -0.4 is 0 Å². The standard InChI is InChI=1S/C26H32N6O2/c1-5-25(33-7-3,31-23-17-11-9-15-21(23)27-29-31)19-13-14-20-26(6-2,34-8-4)32-24-18-12-10-16-22(24)28-30-32/h5-6,9-12,15-18H,1-2,7-8,13-14,19-20H2,3-4H3. The molecule has 2 heterocycles. The minimum atomic E-state index is -0.784. The summed E-state index contributed by atoms with van der Waals surface area (Å²) in [5, 5.41) is 17.5. The molecule has 8 heteroatoms. The molecule has 0 bridgehead atoms. The Hall–Kier alpha value is -3.36. The Morgan fingerprint density at radius 1 is 0.735 bits per heavy atom. The first-order chi connectivity index (χ1) is 16.6. The van der Waals surface area contributed by atoms with Gasteiger partial charge in [-0.15, -0.1) is 10.2 Å². The van der Waals surface area contributed by atoms with Crippen molar-refractivity contribution in [1.82, 2.24) is 30.0 Å². The van der Waals surface area contributed by atoms with Gasteiger partial charge in [0.25, 0.3) is 0 Å². The normalized spacial score (nSPS) is 15.2. The third kappa shape index (κ3) is 4.26. The van der Waals surface area contributed by atoms with Crippen LogP contribution in [0.25, 0.3) is 22.1 Å². The molecule has 0 radical (unpaired) electrons. The summed E-state index contributed by atoms with van der Waals surface area (Å²) in [5.41, 5.74) is 1.92. The first kappa shape index (κ1) is 23.8. The molecule has 0 aliphatic carbocycles. The van der Waals surface area contributed by atoms with Crippen LogP contribution in [0.1, 0.15) is 39.5 Å². The van der Waals surface area contributed by atoms with Gasteiger partial charge in [-0.25, -0.2) is 9.36 Å². The number of fused-ring (bicyclic) bond motifs is 2. The molecule has 2 aromatic carbocycles. The fraction of sp³-hybridized carbons (Fsp3) is 0.385. The van der Waals surface area contributed by atoms with Crippen LogP contribution in [-0.4, -0.2) is 43.2 Å². The molecule has 0 amide bonds. The number of ether oxygens (including phenoxy) is 2. The van der Waals surface area contributed by atoms with Gasteiger partial charge < -0.3 is 9.47 Å². The zero-order valence-corrected chi connectivity index (χ0v) is 19.9. The van der Waals surface area contributed by atoms with Crippen molar-refractivity contribution in [3.05, 3.63) is 73.8 Å². The van der Waals surface area contributed by atoms with Crippen LogP contribution in [0, 0.1) is 0 Å². The number of aromatic nitrogens is 6. The lowest BCUT2D eigenvalue weighted by Gasteiger charge is -2.33. The summed E-state index contributed by atoms with van der Waals surface area (Å²) in [6.07, 6.45) is 6.72. The summed E-state index contributed by atoms with van der Waals surface area (Å²) < 4.78 is 16.1. The van der Waals surface area contributed by atoms with E-state index in [2.05, 4.69) is 33.8 Å². The Balaban J connectivity index is 1.56. The second-order valence-corrected chi connectivity index (χ2v) is 8.15. The van der Waals surface area contributed by atoms with Crippen LogP contribution >= 0.6 is 0 Å². The molecular formula is C26H32N6O2. The van der Waals surface area contributed by atoms with Gasteiger partial charge in [-0.05, 0) is 63.1 Å².